The summed E-state index contributed by atoms with van der Waals surface area (Å²) in [6.07, 6.45) is 11.0. The van der Waals surface area contributed by atoms with Gasteiger partial charge in [0, 0.05) is 16.8 Å². The van der Waals surface area contributed by atoms with E-state index in [-0.39, 0.29) is 6.04 Å². The average Bonchev–Trinajstić information content (AvgIpc) is 2.95. The van der Waals surface area contributed by atoms with Crippen LogP contribution >= 0.6 is 0 Å². The van der Waals surface area contributed by atoms with E-state index in [4.69, 9.17) is 21.3 Å². The monoisotopic (exact) mass is 530 g/mol. The molecule has 6 heteroatoms. The molecule has 3 aromatic carbocycles. The van der Waals surface area contributed by atoms with Crippen LogP contribution in [0.2, 0.25) is 0 Å². The van der Waals surface area contributed by atoms with Gasteiger partial charge in [0.25, 0.3) is 0 Å². The van der Waals surface area contributed by atoms with Crippen molar-refractivity contribution in [2.45, 2.75) is 33.2 Å². The first-order valence-corrected chi connectivity index (χ1v) is 14.6. The maximum absolute atomic E-state index is 6.53. The lowest BCUT2D eigenvalue weighted by Crippen LogP contribution is -2.35. The average molecular weight is 531 g/mol. The van der Waals surface area contributed by atoms with Crippen molar-refractivity contribution in [3.05, 3.63) is 127 Å². The highest BCUT2D eigenvalue weighted by molar-refractivity contribution is 6.39. The summed E-state index contributed by atoms with van der Waals surface area (Å²) in [5.41, 5.74) is 4.91. The molecule has 1 aliphatic heterocycles. The number of aliphatic imine (C=N–C) groups is 1. The molecule has 1 atom stereocenters. The van der Waals surface area contributed by atoms with Crippen LogP contribution in [0.25, 0.3) is 22.0 Å². The predicted octanol–water partition coefficient (Wildman–Crippen LogP) is 7.92. The van der Waals surface area contributed by atoms with Crippen LogP contribution in [-0.2, 0) is 3.79 Å². The molecule has 5 rings (SSSR count). The maximum Gasteiger partial charge on any atom is 1.20 e. The summed E-state index contributed by atoms with van der Waals surface area (Å²) in [7, 11) is 0. The lowest BCUT2D eigenvalue weighted by atomic mass is 10.1. The number of allylic oxidation sites excluding steroid dienone is 5. The van der Waals surface area contributed by atoms with Gasteiger partial charge >= 0.3 is 15.1 Å². The second kappa shape index (κ2) is 12.6. The number of hydrogen-bond acceptors (Lipinski definition) is 5. The molecule has 1 aliphatic rings. The molecule has 0 spiro atoms. The normalized spacial score (nSPS) is 18.3. The number of nitrogens with zero attached hydrogens (tertiary/aromatic N) is 2. The zero-order valence-corrected chi connectivity index (χ0v) is 23.6. The van der Waals surface area contributed by atoms with Gasteiger partial charge in [0.2, 0.25) is 0 Å². The molecular weight excluding hydrogens is 499 g/mol. The molecule has 0 aliphatic carbocycles. The van der Waals surface area contributed by atoms with E-state index in [1.54, 1.807) is 0 Å². The maximum atomic E-state index is 6.53. The third-order valence-electron chi connectivity index (χ3n) is 6.31. The van der Waals surface area contributed by atoms with Crippen molar-refractivity contribution >= 4 is 31.8 Å². The molecule has 194 valence electrons. The Kier molecular flexibility index (Phi) is 8.58. The van der Waals surface area contributed by atoms with E-state index in [1.807, 2.05) is 112 Å². The highest BCUT2D eigenvalue weighted by Crippen LogP contribution is 2.27. The van der Waals surface area contributed by atoms with Crippen LogP contribution < -0.4 is 7.58 Å². The molecule has 0 saturated carbocycles. The lowest BCUT2D eigenvalue weighted by molar-refractivity contribution is 0.245. The first-order chi connectivity index (χ1) is 19.0. The van der Waals surface area contributed by atoms with Gasteiger partial charge in [-0.3, -0.25) is 4.99 Å². The number of hydrogen-bond donors (Lipinski definition) is 0. The number of para-hydroxylation sites is 1. The van der Waals surface area contributed by atoms with E-state index in [2.05, 4.69) is 24.3 Å². The van der Waals surface area contributed by atoms with Gasteiger partial charge < -0.3 is 11.4 Å². The van der Waals surface area contributed by atoms with Gasteiger partial charge in [-0.05, 0) is 74.7 Å². The highest BCUT2D eigenvalue weighted by Gasteiger charge is 2.46. The molecule has 0 fully saturated rings. The molecule has 5 nitrogen and oxygen atoms in total. The zero-order chi connectivity index (χ0) is 27.0. The molecule has 0 bridgehead atoms. The highest BCUT2D eigenvalue weighted by atomic mass is 27.3. The summed E-state index contributed by atoms with van der Waals surface area (Å²) in [4.78, 5) is 9.53. The summed E-state index contributed by atoms with van der Waals surface area (Å²) in [5, 5.41) is 0.999. The first-order valence-electron chi connectivity index (χ1n) is 13.1. The quantitative estimate of drug-likeness (QED) is 0.228. The number of rotatable bonds is 7. The van der Waals surface area contributed by atoms with Gasteiger partial charge in [-0.2, -0.15) is 0 Å². The number of aryl methyl sites for hydroxylation is 1. The minimum Gasteiger partial charge on any atom is -0.579 e. The van der Waals surface area contributed by atoms with E-state index in [1.165, 1.54) is 0 Å². The van der Waals surface area contributed by atoms with E-state index >= 15 is 0 Å². The molecule has 0 amide bonds. The number of fused-ring (bicyclic) bond motifs is 1. The Balaban J connectivity index is 1.46. The Labute approximate surface area is 235 Å². The fourth-order valence-corrected chi connectivity index (χ4v) is 5.73. The van der Waals surface area contributed by atoms with Gasteiger partial charge in [0.15, 0.2) is 0 Å². The molecule has 0 radical (unpaired) electrons. The molecule has 0 N–H and O–H groups in total. The summed E-state index contributed by atoms with van der Waals surface area (Å²) >= 11 is -2.82. The minimum atomic E-state index is -2.82. The largest absolute Gasteiger partial charge is 1.20 e. The number of benzene rings is 3. The Morgan fingerprint density at radius 3 is 2.38 bits per heavy atom. The summed E-state index contributed by atoms with van der Waals surface area (Å²) in [6.45, 7) is 5.98. The topological polar surface area (TPSA) is 52.9 Å². The van der Waals surface area contributed by atoms with Crippen LogP contribution in [0.3, 0.4) is 0 Å². The standard InChI is InChI=1S/C12H10O.C11H15NO.C10H9NO.Al/c13-12-8-6-11(7-9-12)10-4-2-1-3-5-10;1-9-7-5-3-4-6-8-11(13)10(2)12-9;1-7-5-6-8-3-2-4-9(12)10(8)11-7;/h1-9,13H;4-8,10,13H,3H2,1-2H3;2-6,12H,1H3;/q;;;+3/p-3/b;6-4-,7-5-,11-8+,12-9?;;. The fraction of sp³-hybridized carbons (Fsp3) is 0.152. The van der Waals surface area contributed by atoms with Gasteiger partial charge in [-0.25, -0.2) is 4.98 Å². The van der Waals surface area contributed by atoms with Crippen LogP contribution in [0.5, 0.6) is 11.5 Å². The van der Waals surface area contributed by atoms with Crippen LogP contribution in [0.15, 0.2) is 126 Å². The SMILES string of the molecule is CC1=NC(C)/C([O][Al]([O]c2ccc(-c3ccccc3)cc2)[O]c2cccc3ccc(C)nc23)=C\C=C/C/C=C\1. The number of aromatic nitrogens is 1. The van der Waals surface area contributed by atoms with Gasteiger partial charge in [-0.15, -0.1) is 0 Å². The molecule has 2 heterocycles. The molecule has 1 unspecified atom stereocenters. The van der Waals surface area contributed by atoms with Crippen LogP contribution in [-0.4, -0.2) is 31.9 Å². The van der Waals surface area contributed by atoms with Gasteiger partial charge in [0.1, 0.15) is 17.3 Å². The van der Waals surface area contributed by atoms with Crippen molar-refractivity contribution in [3.8, 4) is 22.6 Å². The van der Waals surface area contributed by atoms with Crippen molar-refractivity contribution in [3.63, 3.8) is 0 Å². The van der Waals surface area contributed by atoms with Gasteiger partial charge in [0.05, 0.1) is 11.5 Å². The van der Waals surface area contributed by atoms with E-state index < -0.39 is 15.1 Å². The molecular formula is C33H31AlN2O3. The Hall–Kier alpha value is -4.11. The van der Waals surface area contributed by atoms with E-state index in [0.717, 1.165) is 39.9 Å². The predicted molar refractivity (Wildman–Crippen MR) is 160 cm³/mol. The first kappa shape index (κ1) is 26.5. The Bertz CT molecular complexity index is 1540. The van der Waals surface area contributed by atoms with Gasteiger partial charge in [-0.1, -0.05) is 78.9 Å². The summed E-state index contributed by atoms with van der Waals surface area (Å²) < 4.78 is 19.5. The van der Waals surface area contributed by atoms with E-state index in [0.29, 0.717) is 17.3 Å². The second-order valence-corrected chi connectivity index (χ2v) is 10.7. The number of pyridine rings is 1. The Morgan fingerprint density at radius 1 is 0.769 bits per heavy atom. The van der Waals surface area contributed by atoms with Crippen molar-refractivity contribution in [2.75, 3.05) is 0 Å². The molecule has 4 aromatic rings. The van der Waals surface area contributed by atoms with Crippen LogP contribution in [0.1, 0.15) is 26.0 Å². The third-order valence-corrected chi connectivity index (χ3v) is 7.68. The van der Waals surface area contributed by atoms with Crippen molar-refractivity contribution < 1.29 is 11.4 Å². The van der Waals surface area contributed by atoms with Crippen molar-refractivity contribution in [1.29, 1.82) is 0 Å². The summed E-state index contributed by atoms with van der Waals surface area (Å²) in [5.74, 6) is 2.02. The molecule has 0 saturated heterocycles. The molecule has 39 heavy (non-hydrogen) atoms. The van der Waals surface area contributed by atoms with E-state index in [9.17, 15) is 0 Å². The third kappa shape index (κ3) is 7.06. The van der Waals surface area contributed by atoms with Crippen molar-refractivity contribution in [2.24, 2.45) is 4.99 Å². The molecule has 1 aromatic heterocycles. The smallest absolute Gasteiger partial charge is 0.579 e. The van der Waals surface area contributed by atoms with Crippen LogP contribution in [0, 0.1) is 6.92 Å². The van der Waals surface area contributed by atoms with Crippen LogP contribution in [0.4, 0.5) is 0 Å². The second-order valence-electron chi connectivity index (χ2n) is 9.39. The fourth-order valence-electron chi connectivity index (χ4n) is 4.31. The minimum absolute atomic E-state index is 0.201. The Morgan fingerprint density at radius 2 is 1.56 bits per heavy atom. The summed E-state index contributed by atoms with van der Waals surface area (Å²) in [6, 6.07) is 28.0. The lowest BCUT2D eigenvalue weighted by Gasteiger charge is -2.21. The zero-order valence-electron chi connectivity index (χ0n) is 22.5. The van der Waals surface area contributed by atoms with Crippen molar-refractivity contribution in [1.82, 2.24) is 4.98 Å².